The minimum absolute atomic E-state index is 0.0169. The van der Waals surface area contributed by atoms with Gasteiger partial charge < -0.3 is 20.9 Å². The van der Waals surface area contributed by atoms with Crippen molar-refractivity contribution in [3.63, 3.8) is 0 Å². The maximum Gasteiger partial charge on any atom is 0.573 e. The number of anilines is 1. The molecule has 8 heteroatoms. The van der Waals surface area contributed by atoms with Crippen LogP contribution in [-0.4, -0.2) is 29.5 Å². The van der Waals surface area contributed by atoms with Gasteiger partial charge in [0.15, 0.2) is 5.75 Å². The molecular formula is C13H17F3N2O3. The van der Waals surface area contributed by atoms with Crippen molar-refractivity contribution in [2.75, 3.05) is 12.3 Å². The molecule has 1 amide bonds. The van der Waals surface area contributed by atoms with E-state index >= 15 is 0 Å². The van der Waals surface area contributed by atoms with E-state index < -0.39 is 23.6 Å². The summed E-state index contributed by atoms with van der Waals surface area (Å²) >= 11 is 0. The molecule has 0 fully saturated rings. The van der Waals surface area contributed by atoms with Crippen molar-refractivity contribution in [3.05, 3.63) is 23.8 Å². The normalized spacial score (nSPS) is 14.4. The van der Waals surface area contributed by atoms with Gasteiger partial charge in [0.25, 0.3) is 5.91 Å². The number of alkyl halides is 3. The van der Waals surface area contributed by atoms with Gasteiger partial charge in [-0.15, -0.1) is 13.2 Å². The van der Waals surface area contributed by atoms with Gasteiger partial charge in [-0.25, -0.2) is 0 Å². The van der Waals surface area contributed by atoms with Gasteiger partial charge >= 0.3 is 6.36 Å². The fourth-order valence-corrected chi connectivity index (χ4v) is 1.41. The molecule has 0 aromatic heterocycles. The van der Waals surface area contributed by atoms with E-state index in [1.165, 1.54) is 0 Å². The number of nitrogens with two attached hydrogens (primary N) is 1. The summed E-state index contributed by atoms with van der Waals surface area (Å²) in [6.45, 7) is 3.33. The maximum absolute atomic E-state index is 12.1. The van der Waals surface area contributed by atoms with Crippen LogP contribution in [0.4, 0.5) is 18.9 Å². The Morgan fingerprint density at radius 3 is 2.52 bits per heavy atom. The van der Waals surface area contributed by atoms with E-state index in [0.29, 0.717) is 6.42 Å². The number of carbonyl (C=O) groups is 1. The predicted molar refractivity (Wildman–Crippen MR) is 70.8 cm³/mol. The third-order valence-electron chi connectivity index (χ3n) is 2.89. The van der Waals surface area contributed by atoms with Gasteiger partial charge in [0.05, 0.1) is 11.3 Å². The molecule has 0 heterocycles. The second-order valence-corrected chi connectivity index (χ2v) is 4.83. The molecule has 0 aliphatic heterocycles. The number of benzene rings is 1. The molecule has 1 rings (SSSR count). The summed E-state index contributed by atoms with van der Waals surface area (Å²) in [5.41, 5.74) is 4.14. The molecule has 0 aliphatic rings. The average molecular weight is 306 g/mol. The molecule has 5 nitrogen and oxygen atoms in total. The van der Waals surface area contributed by atoms with Gasteiger partial charge in [-0.05, 0) is 31.5 Å². The lowest BCUT2D eigenvalue weighted by Crippen LogP contribution is -2.40. The van der Waals surface area contributed by atoms with E-state index in [4.69, 9.17) is 5.73 Å². The predicted octanol–water partition coefficient (Wildman–Crippen LogP) is 2.06. The van der Waals surface area contributed by atoms with Gasteiger partial charge in [-0.2, -0.15) is 0 Å². The summed E-state index contributed by atoms with van der Waals surface area (Å²) in [7, 11) is 0. The number of amides is 1. The van der Waals surface area contributed by atoms with Crippen LogP contribution in [0.5, 0.6) is 5.75 Å². The van der Waals surface area contributed by atoms with Gasteiger partial charge in [0.1, 0.15) is 0 Å². The first-order valence-electron chi connectivity index (χ1n) is 6.20. The number of nitrogens with one attached hydrogen (secondary N) is 1. The zero-order valence-corrected chi connectivity index (χ0v) is 11.6. The Labute approximate surface area is 119 Å². The van der Waals surface area contributed by atoms with E-state index in [0.717, 1.165) is 18.2 Å². The molecule has 1 atom stereocenters. The van der Waals surface area contributed by atoms with E-state index in [-0.39, 0.29) is 17.8 Å². The minimum atomic E-state index is -4.85. The average Bonchev–Trinajstić information content (AvgIpc) is 2.37. The number of nitrogen functional groups attached to an aromatic ring is 1. The Bertz CT molecular complexity index is 516. The first kappa shape index (κ1) is 17.1. The molecule has 21 heavy (non-hydrogen) atoms. The minimum Gasteiger partial charge on any atom is -0.404 e. The van der Waals surface area contributed by atoms with Crippen molar-refractivity contribution in [1.29, 1.82) is 0 Å². The van der Waals surface area contributed by atoms with E-state index in [2.05, 4.69) is 10.1 Å². The topological polar surface area (TPSA) is 84.6 Å². The highest BCUT2D eigenvalue weighted by atomic mass is 19.4. The molecule has 118 valence electrons. The lowest BCUT2D eigenvalue weighted by Gasteiger charge is -2.21. The molecule has 4 N–H and O–H groups in total. The van der Waals surface area contributed by atoms with Crippen molar-refractivity contribution >= 4 is 11.6 Å². The molecule has 0 saturated carbocycles. The molecule has 0 spiro atoms. The highest BCUT2D eigenvalue weighted by Crippen LogP contribution is 2.28. The summed E-state index contributed by atoms with van der Waals surface area (Å²) in [5, 5.41) is 12.2. The molecule has 0 radical (unpaired) electrons. The Kier molecular flexibility index (Phi) is 5.06. The molecule has 0 bridgehead atoms. The molecule has 1 aromatic carbocycles. The van der Waals surface area contributed by atoms with Gasteiger partial charge in [0, 0.05) is 12.1 Å². The Morgan fingerprint density at radius 2 is 2.05 bits per heavy atom. The standard InChI is InChI=1S/C13H17F3N2O3/c1-3-12(2,20)7-18-11(19)8-4-5-10(9(17)6-8)21-13(14,15)16/h4-6,20H,3,7,17H2,1-2H3,(H,18,19). The number of rotatable bonds is 5. The maximum atomic E-state index is 12.1. The fourth-order valence-electron chi connectivity index (χ4n) is 1.41. The highest BCUT2D eigenvalue weighted by Gasteiger charge is 2.32. The van der Waals surface area contributed by atoms with Crippen molar-refractivity contribution in [1.82, 2.24) is 5.32 Å². The molecule has 0 aliphatic carbocycles. The Morgan fingerprint density at radius 1 is 1.43 bits per heavy atom. The van der Waals surface area contributed by atoms with E-state index in [1.807, 2.05) is 0 Å². The van der Waals surface area contributed by atoms with Crippen LogP contribution in [0.1, 0.15) is 30.6 Å². The van der Waals surface area contributed by atoms with Crippen LogP contribution >= 0.6 is 0 Å². The highest BCUT2D eigenvalue weighted by molar-refractivity contribution is 5.95. The molecule has 1 aromatic rings. The molecular weight excluding hydrogens is 289 g/mol. The van der Waals surface area contributed by atoms with Crippen LogP contribution in [0.2, 0.25) is 0 Å². The Balaban J connectivity index is 2.77. The van der Waals surface area contributed by atoms with Gasteiger partial charge in [-0.3, -0.25) is 4.79 Å². The lowest BCUT2D eigenvalue weighted by atomic mass is 10.0. The summed E-state index contributed by atoms with van der Waals surface area (Å²) in [4.78, 5) is 11.8. The second kappa shape index (κ2) is 6.21. The summed E-state index contributed by atoms with van der Waals surface area (Å²) in [5.74, 6) is -1.12. The van der Waals surface area contributed by atoms with Gasteiger partial charge in [0.2, 0.25) is 0 Å². The summed E-state index contributed by atoms with van der Waals surface area (Å²) in [6, 6.07) is 3.21. The number of hydrogen-bond acceptors (Lipinski definition) is 4. The van der Waals surface area contributed by atoms with Crippen molar-refractivity contribution in [3.8, 4) is 5.75 Å². The number of ether oxygens (including phenoxy) is 1. The van der Waals surface area contributed by atoms with Crippen LogP contribution in [-0.2, 0) is 0 Å². The van der Waals surface area contributed by atoms with Crippen molar-refractivity contribution in [2.45, 2.75) is 32.2 Å². The zero-order chi connectivity index (χ0) is 16.3. The summed E-state index contributed by atoms with van der Waals surface area (Å²) < 4.78 is 40.0. The second-order valence-electron chi connectivity index (χ2n) is 4.83. The van der Waals surface area contributed by atoms with Crippen LogP contribution in [0.25, 0.3) is 0 Å². The van der Waals surface area contributed by atoms with Crippen LogP contribution in [0.15, 0.2) is 18.2 Å². The first-order valence-corrected chi connectivity index (χ1v) is 6.20. The third-order valence-corrected chi connectivity index (χ3v) is 2.89. The summed E-state index contributed by atoms with van der Waals surface area (Å²) in [6.07, 6.45) is -4.41. The smallest absolute Gasteiger partial charge is 0.404 e. The largest absolute Gasteiger partial charge is 0.573 e. The van der Waals surface area contributed by atoms with Crippen LogP contribution in [0.3, 0.4) is 0 Å². The van der Waals surface area contributed by atoms with Crippen LogP contribution in [0, 0.1) is 0 Å². The quantitative estimate of drug-likeness (QED) is 0.727. The number of aliphatic hydroxyl groups is 1. The van der Waals surface area contributed by atoms with E-state index in [9.17, 15) is 23.1 Å². The Hall–Kier alpha value is -1.96. The fraction of sp³-hybridized carbons (Fsp3) is 0.462. The van der Waals surface area contributed by atoms with Gasteiger partial charge in [-0.1, -0.05) is 6.92 Å². The zero-order valence-electron chi connectivity index (χ0n) is 11.6. The lowest BCUT2D eigenvalue weighted by molar-refractivity contribution is -0.274. The number of carbonyl (C=O) groups excluding carboxylic acids is 1. The molecule has 0 saturated heterocycles. The SMILES string of the molecule is CCC(C)(O)CNC(=O)c1ccc(OC(F)(F)F)c(N)c1. The van der Waals surface area contributed by atoms with E-state index in [1.54, 1.807) is 13.8 Å². The third kappa shape index (κ3) is 5.50. The van der Waals surface area contributed by atoms with Crippen LogP contribution < -0.4 is 15.8 Å². The monoisotopic (exact) mass is 306 g/mol. The molecule has 1 unspecified atom stereocenters. The number of halogens is 3. The van der Waals surface area contributed by atoms with Crippen molar-refractivity contribution < 1.29 is 27.8 Å². The first-order chi connectivity index (χ1) is 9.54. The van der Waals surface area contributed by atoms with Crippen molar-refractivity contribution in [2.24, 2.45) is 0 Å². The number of hydrogen-bond donors (Lipinski definition) is 3.